The van der Waals surface area contributed by atoms with E-state index in [1.165, 1.54) is 5.56 Å². The fourth-order valence-electron chi connectivity index (χ4n) is 3.50. The Morgan fingerprint density at radius 2 is 1.94 bits per heavy atom. The summed E-state index contributed by atoms with van der Waals surface area (Å²) in [5.41, 5.74) is 7.46. The molecule has 0 aliphatic heterocycles. The topological polar surface area (TPSA) is 78.4 Å². The first kappa shape index (κ1) is 23.3. The van der Waals surface area contributed by atoms with Crippen LogP contribution in [0.5, 0.6) is 5.88 Å². The minimum atomic E-state index is 0.519. The molecule has 7 nitrogen and oxygen atoms in total. The largest absolute Gasteiger partial charge is 0.477 e. The number of rotatable bonds is 12. The molecule has 0 saturated carbocycles. The standard InChI is InChI=1S/C25H34N6O/c1-5-11-31(12-6-2)23-15-24(30-27-17-21-9-7-8-19(3)14-21)29-25(16-23)32-13-10-22-18-26-20(4)28-22/h7-9,14-18H,5-6,10-13H2,1-4H3,(H,26,28)(H,29,30)/b27-17+. The zero-order valence-corrected chi connectivity index (χ0v) is 19.6. The maximum Gasteiger partial charge on any atom is 0.217 e. The molecule has 0 bridgehead atoms. The zero-order chi connectivity index (χ0) is 22.8. The molecule has 7 heteroatoms. The van der Waals surface area contributed by atoms with Crippen molar-refractivity contribution in [1.82, 2.24) is 15.0 Å². The van der Waals surface area contributed by atoms with Crippen LogP contribution in [0.15, 0.2) is 47.7 Å². The third-order valence-electron chi connectivity index (χ3n) is 4.95. The highest BCUT2D eigenvalue weighted by atomic mass is 16.5. The molecule has 32 heavy (non-hydrogen) atoms. The van der Waals surface area contributed by atoms with E-state index in [0.29, 0.717) is 18.3 Å². The number of ether oxygens (including phenoxy) is 1. The van der Waals surface area contributed by atoms with Gasteiger partial charge in [-0.1, -0.05) is 43.7 Å². The number of aryl methyl sites for hydroxylation is 2. The van der Waals surface area contributed by atoms with E-state index in [1.54, 1.807) is 6.21 Å². The Morgan fingerprint density at radius 1 is 1.12 bits per heavy atom. The number of anilines is 2. The summed E-state index contributed by atoms with van der Waals surface area (Å²) in [5.74, 6) is 2.16. The Balaban J connectivity index is 1.75. The van der Waals surface area contributed by atoms with Crippen molar-refractivity contribution in [1.29, 1.82) is 0 Å². The Labute approximate surface area is 190 Å². The molecule has 0 radical (unpaired) electrons. The van der Waals surface area contributed by atoms with Gasteiger partial charge in [0.05, 0.1) is 12.8 Å². The lowest BCUT2D eigenvalue weighted by molar-refractivity contribution is 0.309. The van der Waals surface area contributed by atoms with Crippen LogP contribution in [0, 0.1) is 13.8 Å². The third kappa shape index (κ3) is 7.11. The van der Waals surface area contributed by atoms with E-state index >= 15 is 0 Å². The van der Waals surface area contributed by atoms with Gasteiger partial charge in [-0.05, 0) is 32.3 Å². The molecule has 2 heterocycles. The Kier molecular flexibility index (Phi) is 8.66. The summed E-state index contributed by atoms with van der Waals surface area (Å²) < 4.78 is 6.01. The van der Waals surface area contributed by atoms with Gasteiger partial charge in [-0.3, -0.25) is 5.43 Å². The molecule has 0 amide bonds. The van der Waals surface area contributed by atoms with Gasteiger partial charge >= 0.3 is 0 Å². The van der Waals surface area contributed by atoms with Crippen molar-refractivity contribution in [2.75, 3.05) is 30.0 Å². The summed E-state index contributed by atoms with van der Waals surface area (Å²) in [7, 11) is 0. The highest BCUT2D eigenvalue weighted by molar-refractivity contribution is 5.80. The number of hydrogen-bond donors (Lipinski definition) is 2. The quantitative estimate of drug-likeness (QED) is 0.306. The Hall–Kier alpha value is -3.35. The second kappa shape index (κ2) is 11.9. The summed E-state index contributed by atoms with van der Waals surface area (Å²) in [6, 6.07) is 12.3. The molecule has 3 rings (SSSR count). The van der Waals surface area contributed by atoms with E-state index in [2.05, 4.69) is 63.3 Å². The molecular weight excluding hydrogens is 400 g/mol. The molecule has 0 fully saturated rings. The fraction of sp³-hybridized carbons (Fsp3) is 0.400. The van der Waals surface area contributed by atoms with E-state index in [9.17, 15) is 0 Å². The molecule has 1 aromatic carbocycles. The minimum Gasteiger partial charge on any atom is -0.477 e. The number of pyridine rings is 1. The summed E-state index contributed by atoms with van der Waals surface area (Å²) in [5, 5.41) is 4.39. The number of nitrogens with zero attached hydrogens (tertiary/aromatic N) is 4. The third-order valence-corrected chi connectivity index (χ3v) is 4.95. The van der Waals surface area contributed by atoms with Crippen LogP contribution in [-0.4, -0.2) is 40.9 Å². The normalized spacial score (nSPS) is 11.1. The number of nitrogens with one attached hydrogen (secondary N) is 2. The number of H-pyrrole nitrogens is 1. The first-order chi connectivity index (χ1) is 15.6. The van der Waals surface area contributed by atoms with E-state index in [4.69, 9.17) is 4.74 Å². The van der Waals surface area contributed by atoms with Gasteiger partial charge in [-0.25, -0.2) is 4.98 Å². The van der Waals surface area contributed by atoms with Crippen molar-refractivity contribution < 1.29 is 4.74 Å². The van der Waals surface area contributed by atoms with Crippen LogP contribution in [-0.2, 0) is 6.42 Å². The van der Waals surface area contributed by atoms with Gasteiger partial charge in [0.1, 0.15) is 5.82 Å². The fourth-order valence-corrected chi connectivity index (χ4v) is 3.50. The molecule has 170 valence electrons. The van der Waals surface area contributed by atoms with Crippen molar-refractivity contribution in [3.63, 3.8) is 0 Å². The monoisotopic (exact) mass is 434 g/mol. The van der Waals surface area contributed by atoms with Gasteiger partial charge in [0.15, 0.2) is 5.82 Å². The number of hydrogen-bond acceptors (Lipinski definition) is 6. The molecule has 2 aromatic heterocycles. The average molecular weight is 435 g/mol. The highest BCUT2D eigenvalue weighted by Gasteiger charge is 2.10. The van der Waals surface area contributed by atoms with Crippen LogP contribution in [0.4, 0.5) is 11.5 Å². The second-order valence-electron chi connectivity index (χ2n) is 7.91. The first-order valence-electron chi connectivity index (χ1n) is 11.3. The van der Waals surface area contributed by atoms with Crippen LogP contribution in [0.25, 0.3) is 0 Å². The van der Waals surface area contributed by atoms with Crippen LogP contribution in [0.3, 0.4) is 0 Å². The summed E-state index contributed by atoms with van der Waals surface area (Å²) >= 11 is 0. The molecule has 0 aliphatic rings. The maximum atomic E-state index is 6.01. The zero-order valence-electron chi connectivity index (χ0n) is 19.6. The SMILES string of the molecule is CCCN(CCC)c1cc(N/N=C/c2cccc(C)c2)nc(OCCc2cnc(C)[nH]2)c1. The molecule has 0 unspecified atom stereocenters. The number of imidazole rings is 1. The molecule has 2 N–H and O–H groups in total. The highest BCUT2D eigenvalue weighted by Crippen LogP contribution is 2.25. The minimum absolute atomic E-state index is 0.519. The maximum absolute atomic E-state index is 6.01. The summed E-state index contributed by atoms with van der Waals surface area (Å²) in [6.07, 6.45) is 6.55. The molecule has 0 spiro atoms. The lowest BCUT2D eigenvalue weighted by atomic mass is 10.2. The Morgan fingerprint density at radius 3 is 2.62 bits per heavy atom. The number of aromatic nitrogens is 3. The first-order valence-corrected chi connectivity index (χ1v) is 11.3. The average Bonchev–Trinajstić information content (AvgIpc) is 3.18. The smallest absolute Gasteiger partial charge is 0.217 e. The lowest BCUT2D eigenvalue weighted by Gasteiger charge is -2.24. The van der Waals surface area contributed by atoms with E-state index in [1.807, 2.05) is 37.4 Å². The van der Waals surface area contributed by atoms with Crippen LogP contribution < -0.4 is 15.1 Å². The van der Waals surface area contributed by atoms with Crippen molar-refractivity contribution in [2.45, 2.75) is 47.0 Å². The number of benzene rings is 1. The van der Waals surface area contributed by atoms with Crippen LogP contribution >= 0.6 is 0 Å². The predicted octanol–water partition coefficient (Wildman–Crippen LogP) is 5.12. The molecule has 0 aliphatic carbocycles. The summed E-state index contributed by atoms with van der Waals surface area (Å²) in [6.45, 7) is 10.9. The van der Waals surface area contributed by atoms with Crippen molar-refractivity contribution in [3.05, 3.63) is 65.2 Å². The van der Waals surface area contributed by atoms with E-state index < -0.39 is 0 Å². The second-order valence-corrected chi connectivity index (χ2v) is 7.91. The van der Waals surface area contributed by atoms with Gasteiger partial charge in [-0.15, -0.1) is 0 Å². The van der Waals surface area contributed by atoms with Gasteiger partial charge in [0.25, 0.3) is 0 Å². The molecule has 3 aromatic rings. The van der Waals surface area contributed by atoms with Gasteiger partial charge in [0, 0.05) is 49.2 Å². The van der Waals surface area contributed by atoms with Crippen LogP contribution in [0.2, 0.25) is 0 Å². The van der Waals surface area contributed by atoms with Crippen molar-refractivity contribution >= 4 is 17.7 Å². The van der Waals surface area contributed by atoms with Crippen LogP contribution in [0.1, 0.15) is 49.3 Å². The Bertz CT molecular complexity index is 1010. The van der Waals surface area contributed by atoms with E-state index in [-0.39, 0.29) is 0 Å². The molecule has 0 atom stereocenters. The summed E-state index contributed by atoms with van der Waals surface area (Å²) in [4.78, 5) is 14.5. The van der Waals surface area contributed by atoms with E-state index in [0.717, 1.165) is 55.1 Å². The van der Waals surface area contributed by atoms with Gasteiger partial charge in [-0.2, -0.15) is 10.1 Å². The lowest BCUT2D eigenvalue weighted by Crippen LogP contribution is -2.25. The molecule has 0 saturated heterocycles. The van der Waals surface area contributed by atoms with Gasteiger partial charge in [0.2, 0.25) is 5.88 Å². The van der Waals surface area contributed by atoms with Crippen molar-refractivity contribution in [3.8, 4) is 5.88 Å². The number of hydrazone groups is 1. The number of aromatic amines is 1. The van der Waals surface area contributed by atoms with Gasteiger partial charge < -0.3 is 14.6 Å². The molecular formula is C25H34N6O. The van der Waals surface area contributed by atoms with Crippen molar-refractivity contribution in [2.24, 2.45) is 5.10 Å². The predicted molar refractivity (Wildman–Crippen MR) is 132 cm³/mol.